The molecular formula is C22H38O. The van der Waals surface area contributed by atoms with Crippen LogP contribution in [0.3, 0.4) is 0 Å². The first kappa shape index (κ1) is 18.7. The van der Waals surface area contributed by atoms with Gasteiger partial charge in [0.15, 0.2) is 0 Å². The van der Waals surface area contributed by atoms with Crippen LogP contribution in [0.1, 0.15) is 96.8 Å². The zero-order valence-corrected chi connectivity index (χ0v) is 15.3. The number of rotatable bonds is 9. The highest BCUT2D eigenvalue weighted by molar-refractivity contribution is 5.53. The fraction of sp³-hybridized carbons (Fsp3) is 0.864. The molecule has 0 aromatic rings. The minimum absolute atomic E-state index is 0.384. The number of aldehydes is 1. The van der Waals surface area contributed by atoms with Crippen LogP contribution < -0.4 is 0 Å². The maximum Gasteiger partial charge on any atom is 0.123 e. The molecule has 2 rings (SSSR count). The molecular weight excluding hydrogens is 280 g/mol. The molecule has 0 heterocycles. The molecule has 1 nitrogen and oxygen atoms in total. The highest BCUT2D eigenvalue weighted by Crippen LogP contribution is 2.35. The molecule has 2 saturated carbocycles. The molecule has 0 unspecified atom stereocenters. The fourth-order valence-electron chi connectivity index (χ4n) is 4.79. The van der Waals surface area contributed by atoms with Crippen LogP contribution in [0.5, 0.6) is 0 Å². The van der Waals surface area contributed by atoms with Gasteiger partial charge in [-0.3, -0.25) is 0 Å². The van der Waals surface area contributed by atoms with Crippen molar-refractivity contribution in [2.45, 2.75) is 96.8 Å². The van der Waals surface area contributed by atoms with Gasteiger partial charge in [0.1, 0.15) is 6.29 Å². The molecule has 0 aromatic heterocycles. The lowest BCUT2D eigenvalue weighted by atomic mass is 9.77. The Hall–Kier alpha value is -0.590. The van der Waals surface area contributed by atoms with Gasteiger partial charge in [-0.05, 0) is 63.2 Å². The largest absolute Gasteiger partial charge is 0.303 e. The monoisotopic (exact) mass is 318 g/mol. The van der Waals surface area contributed by atoms with Gasteiger partial charge in [0.05, 0.1) is 0 Å². The number of unbranched alkanes of at least 4 members (excludes halogenated alkanes) is 1. The number of hydrogen-bond donors (Lipinski definition) is 0. The predicted molar refractivity (Wildman–Crippen MR) is 99.5 cm³/mol. The predicted octanol–water partition coefficient (Wildman–Crippen LogP) is 6.71. The van der Waals surface area contributed by atoms with Crippen LogP contribution in [0.15, 0.2) is 12.2 Å². The van der Waals surface area contributed by atoms with Crippen LogP contribution in [0.2, 0.25) is 0 Å². The van der Waals surface area contributed by atoms with E-state index < -0.39 is 0 Å². The number of carbonyl (C=O) groups excluding carboxylic acids is 1. The van der Waals surface area contributed by atoms with Gasteiger partial charge in [-0.15, -0.1) is 0 Å². The second-order valence-electron chi connectivity index (χ2n) is 8.23. The van der Waals surface area contributed by atoms with Crippen LogP contribution in [0.25, 0.3) is 0 Å². The molecule has 132 valence electrons. The highest BCUT2D eigenvalue weighted by Gasteiger charge is 2.22. The van der Waals surface area contributed by atoms with Crippen molar-refractivity contribution in [1.82, 2.24) is 0 Å². The third-order valence-electron chi connectivity index (χ3n) is 6.50. The Kier molecular flexibility index (Phi) is 9.01. The van der Waals surface area contributed by atoms with E-state index in [1.54, 1.807) is 0 Å². The van der Waals surface area contributed by atoms with Gasteiger partial charge in [0.25, 0.3) is 0 Å². The Morgan fingerprint density at radius 2 is 1.22 bits per heavy atom. The summed E-state index contributed by atoms with van der Waals surface area (Å²) in [5.41, 5.74) is 0. The Bertz CT molecular complexity index is 330. The van der Waals surface area contributed by atoms with Gasteiger partial charge in [-0.1, -0.05) is 63.5 Å². The highest BCUT2D eigenvalue weighted by atomic mass is 16.1. The van der Waals surface area contributed by atoms with Gasteiger partial charge in [-0.25, -0.2) is 0 Å². The van der Waals surface area contributed by atoms with Gasteiger partial charge in [0.2, 0.25) is 0 Å². The Labute approximate surface area is 144 Å². The van der Waals surface area contributed by atoms with Crippen molar-refractivity contribution < 1.29 is 4.79 Å². The topological polar surface area (TPSA) is 17.1 Å². The molecule has 0 aromatic carbocycles. The quantitative estimate of drug-likeness (QED) is 0.262. The summed E-state index contributed by atoms with van der Waals surface area (Å²) in [7, 11) is 0. The van der Waals surface area contributed by atoms with Crippen LogP contribution in [0, 0.1) is 23.7 Å². The zero-order valence-electron chi connectivity index (χ0n) is 15.3. The molecule has 2 fully saturated rings. The second-order valence-corrected chi connectivity index (χ2v) is 8.23. The van der Waals surface area contributed by atoms with Crippen LogP contribution in [0.4, 0.5) is 0 Å². The van der Waals surface area contributed by atoms with Crippen molar-refractivity contribution in [3.8, 4) is 0 Å². The molecule has 0 bridgehead atoms. The molecule has 0 spiro atoms. The van der Waals surface area contributed by atoms with E-state index in [1.807, 2.05) is 0 Å². The maximum absolute atomic E-state index is 10.8. The molecule has 2 aliphatic rings. The van der Waals surface area contributed by atoms with Crippen molar-refractivity contribution in [3.05, 3.63) is 12.2 Å². The standard InChI is InChI=1S/C22H38O/c1-2-3-4-7-19-10-12-20(13-11-19)8-5-6-9-21-14-16-22(18-23)17-15-21/h2-3,18-22H,4-17H2,1H3. The average molecular weight is 319 g/mol. The molecule has 23 heavy (non-hydrogen) atoms. The van der Waals surface area contributed by atoms with E-state index in [1.165, 1.54) is 83.3 Å². The molecule has 0 atom stereocenters. The first-order valence-electron chi connectivity index (χ1n) is 10.4. The number of carbonyl (C=O) groups is 1. The van der Waals surface area contributed by atoms with Crippen molar-refractivity contribution in [2.75, 3.05) is 0 Å². The first-order chi connectivity index (χ1) is 11.3. The molecule has 0 N–H and O–H groups in total. The summed E-state index contributed by atoms with van der Waals surface area (Å²) in [6.45, 7) is 2.13. The Balaban J connectivity index is 1.47. The van der Waals surface area contributed by atoms with Crippen molar-refractivity contribution in [3.63, 3.8) is 0 Å². The van der Waals surface area contributed by atoms with Crippen LogP contribution >= 0.6 is 0 Å². The van der Waals surface area contributed by atoms with Crippen LogP contribution in [-0.2, 0) is 4.79 Å². The summed E-state index contributed by atoms with van der Waals surface area (Å²) >= 11 is 0. The molecule has 0 amide bonds. The first-order valence-corrected chi connectivity index (χ1v) is 10.4. The third-order valence-corrected chi connectivity index (χ3v) is 6.50. The lowest BCUT2D eigenvalue weighted by Gasteiger charge is -2.29. The number of hydrogen-bond acceptors (Lipinski definition) is 1. The van der Waals surface area contributed by atoms with Gasteiger partial charge < -0.3 is 4.79 Å². The van der Waals surface area contributed by atoms with E-state index in [-0.39, 0.29) is 0 Å². The van der Waals surface area contributed by atoms with E-state index in [0.717, 1.165) is 30.6 Å². The van der Waals surface area contributed by atoms with Gasteiger partial charge in [0, 0.05) is 5.92 Å². The Morgan fingerprint density at radius 1 is 0.739 bits per heavy atom. The number of allylic oxidation sites excluding steroid dienone is 2. The summed E-state index contributed by atoms with van der Waals surface area (Å²) in [6.07, 6.45) is 25.1. The van der Waals surface area contributed by atoms with E-state index in [9.17, 15) is 4.79 Å². The molecule has 1 heteroatoms. The lowest BCUT2D eigenvalue weighted by Crippen LogP contribution is -2.16. The molecule has 2 aliphatic carbocycles. The summed E-state index contributed by atoms with van der Waals surface area (Å²) < 4.78 is 0. The normalized spacial score (nSPS) is 32.2. The zero-order chi connectivity index (χ0) is 16.3. The van der Waals surface area contributed by atoms with Crippen molar-refractivity contribution >= 4 is 6.29 Å². The maximum atomic E-state index is 10.8. The van der Waals surface area contributed by atoms with Gasteiger partial charge >= 0.3 is 0 Å². The van der Waals surface area contributed by atoms with E-state index >= 15 is 0 Å². The fourth-order valence-corrected chi connectivity index (χ4v) is 4.79. The lowest BCUT2D eigenvalue weighted by molar-refractivity contribution is -0.112. The Morgan fingerprint density at radius 3 is 1.70 bits per heavy atom. The minimum Gasteiger partial charge on any atom is -0.303 e. The average Bonchev–Trinajstić information content (AvgIpc) is 2.61. The van der Waals surface area contributed by atoms with Crippen molar-refractivity contribution in [1.29, 1.82) is 0 Å². The molecule has 0 radical (unpaired) electrons. The SMILES string of the molecule is CC=CCCC1CCC(CCCCC2CCC(C=O)CC2)CC1. The van der Waals surface area contributed by atoms with Crippen molar-refractivity contribution in [2.24, 2.45) is 23.7 Å². The minimum atomic E-state index is 0.384. The smallest absolute Gasteiger partial charge is 0.123 e. The van der Waals surface area contributed by atoms with E-state index in [4.69, 9.17) is 0 Å². The van der Waals surface area contributed by atoms with Crippen LogP contribution in [-0.4, -0.2) is 6.29 Å². The third kappa shape index (κ3) is 7.23. The van der Waals surface area contributed by atoms with E-state index in [2.05, 4.69) is 19.1 Å². The summed E-state index contributed by atoms with van der Waals surface area (Å²) in [5.74, 6) is 3.34. The summed E-state index contributed by atoms with van der Waals surface area (Å²) in [5, 5.41) is 0. The van der Waals surface area contributed by atoms with E-state index in [0.29, 0.717) is 5.92 Å². The molecule has 0 aliphatic heterocycles. The second kappa shape index (κ2) is 11.0. The molecule has 0 saturated heterocycles. The summed E-state index contributed by atoms with van der Waals surface area (Å²) in [6, 6.07) is 0. The summed E-state index contributed by atoms with van der Waals surface area (Å²) in [4.78, 5) is 10.8. The van der Waals surface area contributed by atoms with Gasteiger partial charge in [-0.2, -0.15) is 0 Å².